The van der Waals surface area contributed by atoms with Crippen LogP contribution >= 0.6 is 0 Å². The quantitative estimate of drug-likeness (QED) is 0.285. The summed E-state index contributed by atoms with van der Waals surface area (Å²) >= 11 is 0. The molecule has 0 aliphatic heterocycles. The van der Waals surface area contributed by atoms with Crippen LogP contribution in [0.15, 0.2) is 47.6 Å². The Kier molecular flexibility index (Phi) is 9.44. The van der Waals surface area contributed by atoms with Crippen molar-refractivity contribution in [2.75, 3.05) is 33.4 Å². The van der Waals surface area contributed by atoms with Gasteiger partial charge in [0.25, 0.3) is 0 Å². The van der Waals surface area contributed by atoms with E-state index in [1.54, 1.807) is 13.2 Å². The molecule has 0 unspecified atom stereocenters. The lowest BCUT2D eigenvalue weighted by molar-refractivity contribution is 0.123. The lowest BCUT2D eigenvalue weighted by atomic mass is 10.2. The zero-order valence-corrected chi connectivity index (χ0v) is 18.6. The second-order valence-electron chi connectivity index (χ2n) is 7.59. The van der Waals surface area contributed by atoms with Gasteiger partial charge in [0.2, 0.25) is 5.88 Å². The van der Waals surface area contributed by atoms with Crippen LogP contribution < -0.4 is 20.1 Å². The number of guanidine groups is 1. The van der Waals surface area contributed by atoms with Crippen molar-refractivity contribution in [3.8, 4) is 17.4 Å². The SMILES string of the molecule is CCCOc1ccccc1Oc1ncccc1CNC(=NC)NCCCOCC1CC1. The highest BCUT2D eigenvalue weighted by atomic mass is 16.5. The second kappa shape index (κ2) is 12.8. The molecule has 1 heterocycles. The van der Waals surface area contributed by atoms with Gasteiger partial charge in [-0.1, -0.05) is 25.1 Å². The summed E-state index contributed by atoms with van der Waals surface area (Å²) in [6.45, 7) is 5.75. The van der Waals surface area contributed by atoms with Crippen LogP contribution in [-0.4, -0.2) is 44.4 Å². The summed E-state index contributed by atoms with van der Waals surface area (Å²) in [5, 5.41) is 6.65. The van der Waals surface area contributed by atoms with Crippen LogP contribution in [0.25, 0.3) is 0 Å². The molecule has 168 valence electrons. The number of aliphatic imine (C=N–C) groups is 1. The van der Waals surface area contributed by atoms with E-state index in [9.17, 15) is 0 Å². The van der Waals surface area contributed by atoms with Crippen LogP contribution in [0.4, 0.5) is 0 Å². The number of hydrogen-bond acceptors (Lipinski definition) is 5. The molecule has 0 spiro atoms. The first kappa shape index (κ1) is 22.9. The Morgan fingerprint density at radius 3 is 2.71 bits per heavy atom. The van der Waals surface area contributed by atoms with E-state index in [2.05, 4.69) is 27.5 Å². The van der Waals surface area contributed by atoms with E-state index in [0.29, 0.717) is 24.8 Å². The molecular formula is C24H34N4O3. The van der Waals surface area contributed by atoms with Crippen LogP contribution in [0, 0.1) is 5.92 Å². The van der Waals surface area contributed by atoms with Gasteiger partial charge in [-0.05, 0) is 49.8 Å². The molecule has 0 atom stereocenters. The predicted octanol–water partition coefficient (Wildman–Crippen LogP) is 4.14. The molecule has 0 radical (unpaired) electrons. The minimum absolute atomic E-state index is 0.541. The molecule has 1 fully saturated rings. The Bertz CT molecular complexity index is 824. The molecule has 31 heavy (non-hydrogen) atoms. The fourth-order valence-electron chi connectivity index (χ4n) is 2.94. The molecule has 2 N–H and O–H groups in total. The highest BCUT2D eigenvalue weighted by molar-refractivity contribution is 5.79. The molecule has 1 aliphatic carbocycles. The fourth-order valence-corrected chi connectivity index (χ4v) is 2.94. The third-order valence-corrected chi connectivity index (χ3v) is 4.85. The molecule has 0 amide bonds. The van der Waals surface area contributed by atoms with Gasteiger partial charge < -0.3 is 24.8 Å². The van der Waals surface area contributed by atoms with Crippen LogP contribution in [0.3, 0.4) is 0 Å². The van der Waals surface area contributed by atoms with E-state index < -0.39 is 0 Å². The molecule has 2 aromatic rings. The molecule has 1 aliphatic rings. The van der Waals surface area contributed by atoms with Gasteiger partial charge in [-0.2, -0.15) is 0 Å². The summed E-state index contributed by atoms with van der Waals surface area (Å²) in [4.78, 5) is 8.71. The Labute approximate surface area is 185 Å². The molecule has 3 rings (SSSR count). The number of ether oxygens (including phenoxy) is 3. The van der Waals surface area contributed by atoms with Gasteiger partial charge in [-0.25, -0.2) is 4.98 Å². The average molecular weight is 427 g/mol. The van der Waals surface area contributed by atoms with Gasteiger partial charge in [-0.3, -0.25) is 4.99 Å². The van der Waals surface area contributed by atoms with Gasteiger partial charge >= 0.3 is 0 Å². The highest BCUT2D eigenvalue weighted by Crippen LogP contribution is 2.32. The monoisotopic (exact) mass is 426 g/mol. The van der Waals surface area contributed by atoms with Crippen molar-refractivity contribution in [1.82, 2.24) is 15.6 Å². The molecule has 7 heteroatoms. The molecule has 0 bridgehead atoms. The molecular weight excluding hydrogens is 392 g/mol. The maximum atomic E-state index is 6.10. The van der Waals surface area contributed by atoms with E-state index in [4.69, 9.17) is 14.2 Å². The van der Waals surface area contributed by atoms with E-state index in [-0.39, 0.29) is 0 Å². The third-order valence-electron chi connectivity index (χ3n) is 4.85. The first-order valence-corrected chi connectivity index (χ1v) is 11.2. The zero-order valence-electron chi connectivity index (χ0n) is 18.6. The standard InChI is InChI=1S/C24H34N4O3/c1-3-15-30-21-9-4-5-10-22(21)31-23-20(8-6-13-26-23)17-28-24(25-2)27-14-7-16-29-18-19-11-12-19/h4-6,8-10,13,19H,3,7,11-12,14-18H2,1-2H3,(H2,25,27,28). The van der Waals surface area contributed by atoms with Crippen LogP contribution in [0.5, 0.6) is 17.4 Å². The van der Waals surface area contributed by atoms with Crippen molar-refractivity contribution < 1.29 is 14.2 Å². The lowest BCUT2D eigenvalue weighted by Gasteiger charge is -2.15. The van der Waals surface area contributed by atoms with E-state index in [1.807, 2.05) is 36.4 Å². The number of aromatic nitrogens is 1. The molecule has 1 aromatic heterocycles. The summed E-state index contributed by atoms with van der Waals surface area (Å²) in [7, 11) is 1.76. The van der Waals surface area contributed by atoms with Crippen LogP contribution in [-0.2, 0) is 11.3 Å². The number of rotatable bonds is 13. The summed E-state index contributed by atoms with van der Waals surface area (Å²) in [6, 6.07) is 11.6. The fraction of sp³-hybridized carbons (Fsp3) is 0.500. The molecule has 0 saturated heterocycles. The van der Waals surface area contributed by atoms with Gasteiger partial charge in [0.05, 0.1) is 6.61 Å². The Balaban J connectivity index is 1.49. The zero-order chi connectivity index (χ0) is 21.7. The maximum absolute atomic E-state index is 6.10. The highest BCUT2D eigenvalue weighted by Gasteiger charge is 2.20. The number of nitrogens with zero attached hydrogens (tertiary/aromatic N) is 2. The summed E-state index contributed by atoms with van der Waals surface area (Å²) < 4.78 is 17.6. The van der Waals surface area contributed by atoms with Crippen molar-refractivity contribution in [3.63, 3.8) is 0 Å². The van der Waals surface area contributed by atoms with Crippen molar-refractivity contribution in [2.24, 2.45) is 10.9 Å². The average Bonchev–Trinajstić information content (AvgIpc) is 3.63. The number of benzene rings is 1. The van der Waals surface area contributed by atoms with Crippen molar-refractivity contribution in [3.05, 3.63) is 48.2 Å². The summed E-state index contributed by atoms with van der Waals surface area (Å²) in [6.07, 6.45) is 6.26. The third kappa shape index (κ3) is 8.09. The molecule has 1 aromatic carbocycles. The van der Waals surface area contributed by atoms with Crippen molar-refractivity contribution in [1.29, 1.82) is 0 Å². The Morgan fingerprint density at radius 2 is 1.94 bits per heavy atom. The van der Waals surface area contributed by atoms with E-state index in [1.165, 1.54) is 12.8 Å². The normalized spacial score (nSPS) is 13.7. The summed E-state index contributed by atoms with van der Waals surface area (Å²) in [5.74, 6) is 3.47. The van der Waals surface area contributed by atoms with Crippen molar-refractivity contribution in [2.45, 2.75) is 39.2 Å². The minimum atomic E-state index is 0.541. The van der Waals surface area contributed by atoms with Gasteiger partial charge in [0, 0.05) is 45.1 Å². The number of para-hydroxylation sites is 2. The number of hydrogen-bond donors (Lipinski definition) is 2. The number of pyridine rings is 1. The van der Waals surface area contributed by atoms with Gasteiger partial charge in [0.1, 0.15) is 0 Å². The van der Waals surface area contributed by atoms with Crippen LogP contribution in [0.2, 0.25) is 0 Å². The largest absolute Gasteiger partial charge is 0.490 e. The predicted molar refractivity (Wildman–Crippen MR) is 123 cm³/mol. The van der Waals surface area contributed by atoms with Crippen LogP contribution in [0.1, 0.15) is 38.2 Å². The number of nitrogens with one attached hydrogen (secondary N) is 2. The smallest absolute Gasteiger partial charge is 0.224 e. The Hall–Kier alpha value is -2.80. The van der Waals surface area contributed by atoms with Gasteiger partial charge in [0.15, 0.2) is 17.5 Å². The van der Waals surface area contributed by atoms with E-state index >= 15 is 0 Å². The molecule has 7 nitrogen and oxygen atoms in total. The van der Waals surface area contributed by atoms with Gasteiger partial charge in [-0.15, -0.1) is 0 Å². The lowest BCUT2D eigenvalue weighted by Crippen LogP contribution is -2.37. The minimum Gasteiger partial charge on any atom is -0.490 e. The van der Waals surface area contributed by atoms with Crippen molar-refractivity contribution >= 4 is 5.96 Å². The topological polar surface area (TPSA) is 77.0 Å². The first-order chi connectivity index (χ1) is 15.3. The van der Waals surface area contributed by atoms with E-state index in [0.717, 1.165) is 55.8 Å². The maximum Gasteiger partial charge on any atom is 0.224 e. The first-order valence-electron chi connectivity index (χ1n) is 11.2. The molecule has 1 saturated carbocycles. The summed E-state index contributed by atoms with van der Waals surface area (Å²) in [5.41, 5.74) is 0.934. The Morgan fingerprint density at radius 1 is 1.10 bits per heavy atom. The second-order valence-corrected chi connectivity index (χ2v) is 7.59.